The average Bonchev–Trinajstić information content (AvgIpc) is 2.86. The third kappa shape index (κ3) is 2.99. The number of nitrogens with zero attached hydrogens (tertiary/aromatic N) is 5. The van der Waals surface area contributed by atoms with E-state index in [0.29, 0.717) is 5.75 Å². The molecule has 1 N–H and O–H groups in total. The molecule has 0 unspecified atom stereocenters. The maximum atomic E-state index is 10.9. The third-order valence-corrected chi connectivity index (χ3v) is 2.43. The van der Waals surface area contributed by atoms with Crippen molar-refractivity contribution >= 4 is 11.6 Å². The molecule has 0 radical (unpaired) electrons. The van der Waals surface area contributed by atoms with Crippen molar-refractivity contribution in [3.05, 3.63) is 28.7 Å². The standard InChI is InChI=1S/C11H14N6O3/c1-3-4-16-7-8(5-14-16)20-10-9(17(18)19)6-13-11(12-2)15-10/h5-7H,3-4H2,1-2H3,(H,12,13,15). The summed E-state index contributed by atoms with van der Waals surface area (Å²) in [6.45, 7) is 2.77. The first-order chi connectivity index (χ1) is 9.63. The number of rotatable bonds is 6. The summed E-state index contributed by atoms with van der Waals surface area (Å²) in [7, 11) is 1.62. The van der Waals surface area contributed by atoms with Crippen molar-refractivity contribution in [2.45, 2.75) is 19.9 Å². The van der Waals surface area contributed by atoms with Gasteiger partial charge in [-0.2, -0.15) is 10.1 Å². The van der Waals surface area contributed by atoms with Gasteiger partial charge in [0.1, 0.15) is 6.20 Å². The van der Waals surface area contributed by atoms with E-state index in [2.05, 4.69) is 20.4 Å². The van der Waals surface area contributed by atoms with E-state index in [9.17, 15) is 10.1 Å². The van der Waals surface area contributed by atoms with Gasteiger partial charge in [0.15, 0.2) is 5.75 Å². The lowest BCUT2D eigenvalue weighted by molar-refractivity contribution is -0.386. The highest BCUT2D eigenvalue weighted by Crippen LogP contribution is 2.29. The van der Waals surface area contributed by atoms with E-state index < -0.39 is 4.92 Å². The summed E-state index contributed by atoms with van der Waals surface area (Å²) < 4.78 is 7.12. The molecule has 0 spiro atoms. The smallest absolute Gasteiger partial charge is 0.349 e. The van der Waals surface area contributed by atoms with Gasteiger partial charge in [-0.05, 0) is 6.42 Å². The number of hydrogen-bond acceptors (Lipinski definition) is 7. The van der Waals surface area contributed by atoms with Crippen molar-refractivity contribution in [2.75, 3.05) is 12.4 Å². The Kier molecular flexibility index (Phi) is 4.08. The van der Waals surface area contributed by atoms with E-state index in [1.54, 1.807) is 17.9 Å². The maximum absolute atomic E-state index is 10.9. The van der Waals surface area contributed by atoms with Gasteiger partial charge in [-0.1, -0.05) is 6.92 Å². The topological polar surface area (TPSA) is 108 Å². The molecule has 2 heterocycles. The monoisotopic (exact) mass is 278 g/mol. The molecule has 9 heteroatoms. The lowest BCUT2D eigenvalue weighted by Crippen LogP contribution is -2.01. The lowest BCUT2D eigenvalue weighted by atomic mass is 10.5. The minimum absolute atomic E-state index is 0.120. The molecule has 0 atom stereocenters. The highest BCUT2D eigenvalue weighted by atomic mass is 16.6. The quantitative estimate of drug-likeness (QED) is 0.634. The summed E-state index contributed by atoms with van der Waals surface area (Å²) >= 11 is 0. The van der Waals surface area contributed by atoms with E-state index in [0.717, 1.165) is 19.2 Å². The molecule has 0 saturated heterocycles. The van der Waals surface area contributed by atoms with Gasteiger partial charge in [-0.15, -0.1) is 0 Å². The molecule has 0 amide bonds. The second-order valence-electron chi connectivity index (χ2n) is 3.93. The molecule has 2 aromatic rings. The number of nitrogens with one attached hydrogen (secondary N) is 1. The second-order valence-corrected chi connectivity index (χ2v) is 3.93. The minimum Gasteiger partial charge on any atom is -0.430 e. The lowest BCUT2D eigenvalue weighted by Gasteiger charge is -2.04. The van der Waals surface area contributed by atoms with Crippen LogP contribution in [0.4, 0.5) is 11.6 Å². The molecule has 2 rings (SSSR count). The maximum Gasteiger partial charge on any atom is 0.349 e. The molecular formula is C11H14N6O3. The molecule has 20 heavy (non-hydrogen) atoms. The van der Waals surface area contributed by atoms with Gasteiger partial charge in [0.2, 0.25) is 5.95 Å². The fourth-order valence-corrected chi connectivity index (χ4v) is 1.54. The van der Waals surface area contributed by atoms with Crippen LogP contribution < -0.4 is 10.1 Å². The number of hydrogen-bond donors (Lipinski definition) is 1. The van der Waals surface area contributed by atoms with E-state index in [4.69, 9.17) is 4.74 Å². The van der Waals surface area contributed by atoms with Crippen LogP contribution in [0.25, 0.3) is 0 Å². The van der Waals surface area contributed by atoms with Crippen LogP contribution >= 0.6 is 0 Å². The highest BCUT2D eigenvalue weighted by molar-refractivity contribution is 5.44. The first-order valence-electron chi connectivity index (χ1n) is 6.03. The largest absolute Gasteiger partial charge is 0.430 e. The molecule has 9 nitrogen and oxygen atoms in total. The zero-order chi connectivity index (χ0) is 14.5. The van der Waals surface area contributed by atoms with Crippen molar-refractivity contribution in [1.82, 2.24) is 19.7 Å². The summed E-state index contributed by atoms with van der Waals surface area (Å²) in [5.41, 5.74) is -0.299. The molecule has 0 bridgehead atoms. The van der Waals surface area contributed by atoms with Crippen molar-refractivity contribution in [1.29, 1.82) is 0 Å². The number of nitro groups is 1. The Morgan fingerprint density at radius 1 is 1.50 bits per heavy atom. The van der Waals surface area contributed by atoms with Crippen LogP contribution in [0, 0.1) is 10.1 Å². The van der Waals surface area contributed by atoms with Crippen molar-refractivity contribution < 1.29 is 9.66 Å². The Hall–Kier alpha value is -2.71. The molecule has 0 fully saturated rings. The van der Waals surface area contributed by atoms with Crippen molar-refractivity contribution in [2.24, 2.45) is 0 Å². The Labute approximate surface area is 114 Å². The third-order valence-electron chi connectivity index (χ3n) is 2.43. The Morgan fingerprint density at radius 2 is 2.30 bits per heavy atom. The van der Waals surface area contributed by atoms with Crippen LogP contribution in [-0.4, -0.2) is 31.7 Å². The number of aromatic nitrogens is 4. The van der Waals surface area contributed by atoms with Crippen LogP contribution in [0.5, 0.6) is 11.6 Å². The van der Waals surface area contributed by atoms with Crippen LogP contribution in [-0.2, 0) is 6.54 Å². The average molecular weight is 278 g/mol. The van der Waals surface area contributed by atoms with Crippen molar-refractivity contribution in [3.8, 4) is 11.6 Å². The zero-order valence-corrected chi connectivity index (χ0v) is 11.1. The van der Waals surface area contributed by atoms with E-state index >= 15 is 0 Å². The summed E-state index contributed by atoms with van der Waals surface area (Å²) in [5.74, 6) is 0.513. The summed E-state index contributed by atoms with van der Waals surface area (Å²) in [6, 6.07) is 0. The van der Waals surface area contributed by atoms with E-state index in [1.807, 2.05) is 6.92 Å². The minimum atomic E-state index is -0.592. The van der Waals surface area contributed by atoms with Crippen LogP contribution in [0.2, 0.25) is 0 Å². The normalized spacial score (nSPS) is 10.3. The van der Waals surface area contributed by atoms with Gasteiger partial charge >= 0.3 is 11.6 Å². The van der Waals surface area contributed by atoms with Gasteiger partial charge in [0, 0.05) is 13.6 Å². The van der Waals surface area contributed by atoms with Crippen LogP contribution in [0.1, 0.15) is 13.3 Å². The van der Waals surface area contributed by atoms with Gasteiger partial charge in [-0.25, -0.2) is 4.98 Å². The fourth-order valence-electron chi connectivity index (χ4n) is 1.54. The first-order valence-corrected chi connectivity index (χ1v) is 6.03. The molecule has 0 aliphatic heterocycles. The SMILES string of the molecule is CCCn1cc(Oc2nc(NC)ncc2[N+](=O)[O-])cn1. The van der Waals surface area contributed by atoms with Crippen LogP contribution in [0.3, 0.4) is 0 Å². The van der Waals surface area contributed by atoms with Gasteiger partial charge in [0.25, 0.3) is 0 Å². The van der Waals surface area contributed by atoms with Crippen molar-refractivity contribution in [3.63, 3.8) is 0 Å². The Bertz CT molecular complexity index is 612. The van der Waals surface area contributed by atoms with Gasteiger partial charge in [-0.3, -0.25) is 14.8 Å². The highest BCUT2D eigenvalue weighted by Gasteiger charge is 2.20. The van der Waals surface area contributed by atoms with Gasteiger partial charge in [0.05, 0.1) is 17.3 Å². The fraction of sp³-hybridized carbons (Fsp3) is 0.364. The summed E-state index contributed by atoms with van der Waals surface area (Å²) in [6.07, 6.45) is 5.18. The predicted octanol–water partition coefficient (Wildman–Crippen LogP) is 1.83. The zero-order valence-electron chi connectivity index (χ0n) is 11.1. The Balaban J connectivity index is 2.27. The number of ether oxygens (including phenoxy) is 1. The molecule has 106 valence electrons. The molecular weight excluding hydrogens is 264 g/mol. The van der Waals surface area contributed by atoms with Crippen LogP contribution in [0.15, 0.2) is 18.6 Å². The molecule has 0 saturated carbocycles. The summed E-state index contributed by atoms with van der Waals surface area (Å²) in [4.78, 5) is 18.1. The first kappa shape index (κ1) is 13.7. The molecule has 2 aromatic heterocycles. The molecule has 0 aliphatic rings. The number of aryl methyl sites for hydroxylation is 1. The van der Waals surface area contributed by atoms with E-state index in [1.165, 1.54) is 6.20 Å². The van der Waals surface area contributed by atoms with Gasteiger partial charge < -0.3 is 10.1 Å². The predicted molar refractivity (Wildman–Crippen MR) is 70.8 cm³/mol. The summed E-state index contributed by atoms with van der Waals surface area (Å²) in [5, 5.41) is 17.7. The molecule has 0 aliphatic carbocycles. The Morgan fingerprint density at radius 3 is 2.95 bits per heavy atom. The number of anilines is 1. The molecule has 0 aromatic carbocycles. The second kappa shape index (κ2) is 5.95. The van der Waals surface area contributed by atoms with E-state index in [-0.39, 0.29) is 17.5 Å².